The van der Waals surface area contributed by atoms with Crippen molar-refractivity contribution in [3.63, 3.8) is 0 Å². The molecule has 3 N–H and O–H groups in total. The number of hydrogen-bond donors (Lipinski definition) is 2. The first-order chi connectivity index (χ1) is 11.9. The first kappa shape index (κ1) is 17.4. The van der Waals surface area contributed by atoms with Crippen LogP contribution in [0.5, 0.6) is 5.75 Å². The van der Waals surface area contributed by atoms with Crippen LogP contribution in [-0.4, -0.2) is 27.6 Å². The summed E-state index contributed by atoms with van der Waals surface area (Å²) in [6, 6.07) is 9.73. The zero-order chi connectivity index (χ0) is 17.9. The highest BCUT2D eigenvalue weighted by atomic mass is 19.1. The molecule has 0 saturated heterocycles. The molecule has 1 aliphatic carbocycles. The molecule has 3 rings (SSSR count). The van der Waals surface area contributed by atoms with Crippen LogP contribution in [0.1, 0.15) is 38.9 Å². The Labute approximate surface area is 147 Å². The molecule has 25 heavy (non-hydrogen) atoms. The second kappa shape index (κ2) is 7.21. The van der Waals surface area contributed by atoms with Gasteiger partial charge in [0.15, 0.2) is 11.5 Å². The summed E-state index contributed by atoms with van der Waals surface area (Å²) in [5, 5.41) is 3.13. The molecule has 1 fully saturated rings. The number of hydrogen-bond acceptors (Lipinski definition) is 6. The minimum Gasteiger partial charge on any atom is -0.488 e. The lowest BCUT2D eigenvalue weighted by molar-refractivity contribution is 0.0937. The van der Waals surface area contributed by atoms with E-state index in [1.807, 2.05) is 30.3 Å². The van der Waals surface area contributed by atoms with Gasteiger partial charge in [0.2, 0.25) is 11.9 Å². The maximum absolute atomic E-state index is 14.1. The Morgan fingerprint density at radius 1 is 1.24 bits per heavy atom. The predicted molar refractivity (Wildman–Crippen MR) is 95.1 cm³/mol. The van der Waals surface area contributed by atoms with Crippen LogP contribution in [0.3, 0.4) is 0 Å². The first-order valence-corrected chi connectivity index (χ1v) is 8.58. The Kier molecular flexibility index (Phi) is 5.01. The van der Waals surface area contributed by atoms with Crippen LogP contribution < -0.4 is 15.8 Å². The molecule has 0 bridgehead atoms. The number of para-hydroxylation sites is 1. The second-order valence-electron chi connectivity index (χ2n) is 6.85. The summed E-state index contributed by atoms with van der Waals surface area (Å²) in [5.74, 6) is 1.62. The lowest BCUT2D eigenvalue weighted by atomic mass is 9.81. The van der Waals surface area contributed by atoms with Crippen LogP contribution >= 0.6 is 0 Å². The average Bonchev–Trinajstić information content (AvgIpc) is 2.50. The van der Waals surface area contributed by atoms with E-state index >= 15 is 0 Å². The van der Waals surface area contributed by atoms with Crippen molar-refractivity contribution >= 4 is 11.9 Å². The van der Waals surface area contributed by atoms with Gasteiger partial charge in [0.05, 0.1) is 6.54 Å². The van der Waals surface area contributed by atoms with Gasteiger partial charge < -0.3 is 15.8 Å². The molecule has 1 aromatic carbocycles. The van der Waals surface area contributed by atoms with Crippen molar-refractivity contribution in [3.8, 4) is 5.75 Å². The van der Waals surface area contributed by atoms with Crippen LogP contribution in [0.4, 0.5) is 16.3 Å². The van der Waals surface area contributed by atoms with Crippen LogP contribution in [0.2, 0.25) is 0 Å². The maximum Gasteiger partial charge on any atom is 0.227 e. The third kappa shape index (κ3) is 4.55. The van der Waals surface area contributed by atoms with E-state index in [9.17, 15) is 4.39 Å². The van der Waals surface area contributed by atoms with Crippen molar-refractivity contribution in [2.24, 2.45) is 5.92 Å². The molecule has 6 nitrogen and oxygen atoms in total. The highest BCUT2D eigenvalue weighted by Gasteiger charge is 2.29. The molecule has 0 radical (unpaired) electrons. The Bertz CT molecular complexity index is 700. The topological polar surface area (TPSA) is 86.0 Å². The van der Waals surface area contributed by atoms with Gasteiger partial charge in [-0.1, -0.05) is 24.6 Å². The Morgan fingerprint density at radius 3 is 2.56 bits per heavy atom. The van der Waals surface area contributed by atoms with Crippen molar-refractivity contribution in [2.45, 2.75) is 44.9 Å². The summed E-state index contributed by atoms with van der Waals surface area (Å²) in [4.78, 5) is 12.1. The Balaban J connectivity index is 1.70. The zero-order valence-corrected chi connectivity index (χ0v) is 14.6. The van der Waals surface area contributed by atoms with Crippen LogP contribution in [0.25, 0.3) is 0 Å². The molecule has 1 atom stereocenters. The van der Waals surface area contributed by atoms with Gasteiger partial charge in [-0.05, 0) is 44.7 Å². The van der Waals surface area contributed by atoms with E-state index in [-0.39, 0.29) is 23.8 Å². The number of halogens is 1. The fourth-order valence-electron chi connectivity index (χ4n) is 2.72. The largest absolute Gasteiger partial charge is 0.488 e. The number of benzene rings is 1. The third-order valence-corrected chi connectivity index (χ3v) is 4.35. The second-order valence-corrected chi connectivity index (χ2v) is 6.85. The lowest BCUT2D eigenvalue weighted by Crippen LogP contribution is -2.38. The van der Waals surface area contributed by atoms with Gasteiger partial charge in [-0.3, -0.25) is 0 Å². The van der Waals surface area contributed by atoms with Gasteiger partial charge in [0.1, 0.15) is 11.9 Å². The van der Waals surface area contributed by atoms with E-state index in [0.717, 1.165) is 18.6 Å². The lowest BCUT2D eigenvalue weighted by Gasteiger charge is -2.34. The monoisotopic (exact) mass is 345 g/mol. The molecule has 7 heteroatoms. The first-order valence-electron chi connectivity index (χ1n) is 8.58. The fourth-order valence-corrected chi connectivity index (χ4v) is 2.72. The highest BCUT2D eigenvalue weighted by molar-refractivity contribution is 5.32. The molecule has 0 aliphatic heterocycles. The van der Waals surface area contributed by atoms with Crippen molar-refractivity contribution in [2.75, 3.05) is 17.6 Å². The quantitative estimate of drug-likeness (QED) is 0.801. The van der Waals surface area contributed by atoms with Gasteiger partial charge in [-0.2, -0.15) is 15.0 Å². The molecule has 1 unspecified atom stereocenters. The van der Waals surface area contributed by atoms with E-state index < -0.39 is 5.67 Å². The summed E-state index contributed by atoms with van der Waals surface area (Å²) < 4.78 is 20.2. The normalized spacial score (nSPS) is 16.1. The SMILES string of the molecule is CC(C)(F)c1nc(N)nc(NCC(Oc2ccccc2)C2CCC2)n1. The van der Waals surface area contributed by atoms with Gasteiger partial charge in [0.25, 0.3) is 0 Å². The number of nitrogens with zero attached hydrogens (tertiary/aromatic N) is 3. The molecule has 134 valence electrons. The average molecular weight is 345 g/mol. The molecule has 0 spiro atoms. The number of nitrogen functional groups attached to an aromatic ring is 1. The minimum atomic E-state index is -1.68. The predicted octanol–water partition coefficient (Wildman–Crippen LogP) is 3.32. The molecule has 0 amide bonds. The van der Waals surface area contributed by atoms with Crippen molar-refractivity contribution in [1.82, 2.24) is 15.0 Å². The molecule has 1 aliphatic rings. The van der Waals surface area contributed by atoms with Gasteiger partial charge in [-0.15, -0.1) is 0 Å². The van der Waals surface area contributed by atoms with E-state index in [1.165, 1.54) is 20.3 Å². The summed E-state index contributed by atoms with van der Waals surface area (Å²) in [5.41, 5.74) is 4.00. The summed E-state index contributed by atoms with van der Waals surface area (Å²) in [6.45, 7) is 3.30. The van der Waals surface area contributed by atoms with Crippen LogP contribution in [-0.2, 0) is 5.67 Å². The molecule has 1 heterocycles. The van der Waals surface area contributed by atoms with Gasteiger partial charge in [0, 0.05) is 0 Å². The number of anilines is 2. The molecule has 1 saturated carbocycles. The summed E-state index contributed by atoms with van der Waals surface area (Å²) >= 11 is 0. The Hall–Kier alpha value is -2.44. The number of alkyl halides is 1. The molecule has 1 aromatic heterocycles. The summed E-state index contributed by atoms with van der Waals surface area (Å²) in [6.07, 6.45) is 3.50. The van der Waals surface area contributed by atoms with E-state index in [1.54, 1.807) is 0 Å². The number of nitrogens with two attached hydrogens (primary N) is 1. The summed E-state index contributed by atoms with van der Waals surface area (Å²) in [7, 11) is 0. The third-order valence-electron chi connectivity index (χ3n) is 4.35. The number of ether oxygens (including phenoxy) is 1. The number of rotatable bonds is 7. The molecular formula is C18H24FN5O. The molecular weight excluding hydrogens is 321 g/mol. The van der Waals surface area contributed by atoms with Crippen LogP contribution in [0.15, 0.2) is 30.3 Å². The minimum absolute atomic E-state index is 0.00222. The standard InChI is InChI=1S/C18H24FN5O/c1-18(2,19)15-22-16(20)24-17(23-15)21-11-14(12-7-6-8-12)25-13-9-4-3-5-10-13/h3-5,9-10,12,14H,6-8,11H2,1-2H3,(H3,20,21,22,23,24). The molecule has 2 aromatic rings. The van der Waals surface area contributed by atoms with Gasteiger partial charge in [-0.25, -0.2) is 4.39 Å². The maximum atomic E-state index is 14.1. The van der Waals surface area contributed by atoms with E-state index in [4.69, 9.17) is 10.5 Å². The van der Waals surface area contributed by atoms with Gasteiger partial charge >= 0.3 is 0 Å². The number of nitrogens with one attached hydrogen (secondary N) is 1. The van der Waals surface area contributed by atoms with E-state index in [2.05, 4.69) is 20.3 Å². The number of aromatic nitrogens is 3. The highest BCUT2D eigenvalue weighted by Crippen LogP contribution is 2.32. The van der Waals surface area contributed by atoms with Crippen molar-refractivity contribution < 1.29 is 9.13 Å². The zero-order valence-electron chi connectivity index (χ0n) is 14.6. The Morgan fingerprint density at radius 2 is 1.96 bits per heavy atom. The smallest absolute Gasteiger partial charge is 0.227 e. The van der Waals surface area contributed by atoms with Crippen LogP contribution in [0, 0.1) is 5.92 Å². The van der Waals surface area contributed by atoms with Crippen molar-refractivity contribution in [1.29, 1.82) is 0 Å². The van der Waals surface area contributed by atoms with Crippen molar-refractivity contribution in [3.05, 3.63) is 36.2 Å². The van der Waals surface area contributed by atoms with E-state index in [0.29, 0.717) is 12.5 Å². The fraction of sp³-hybridized carbons (Fsp3) is 0.500.